The Morgan fingerprint density at radius 3 is 3.00 bits per heavy atom. The number of amides is 1. The fourth-order valence-electron chi connectivity index (χ4n) is 2.23. The molecule has 0 fully saturated rings. The van der Waals surface area contributed by atoms with E-state index in [9.17, 15) is 4.79 Å². The summed E-state index contributed by atoms with van der Waals surface area (Å²) in [5.74, 6) is 0. The van der Waals surface area contributed by atoms with E-state index in [-0.39, 0.29) is 6.09 Å². The summed E-state index contributed by atoms with van der Waals surface area (Å²) in [6.07, 6.45) is -0.268. The van der Waals surface area contributed by atoms with Crippen molar-refractivity contribution in [3.05, 3.63) is 41.3 Å². The molecule has 1 aromatic heterocycles. The van der Waals surface area contributed by atoms with Crippen molar-refractivity contribution in [2.75, 3.05) is 11.5 Å². The first kappa shape index (κ1) is 11.3. The van der Waals surface area contributed by atoms with Crippen LogP contribution < -0.4 is 4.90 Å². The Morgan fingerprint density at radius 1 is 1.33 bits per heavy atom. The van der Waals surface area contributed by atoms with Crippen molar-refractivity contribution in [2.24, 2.45) is 0 Å². The normalized spacial score (nSPS) is 12.8. The molecular weight excluding hydrogens is 246 g/mol. The molecule has 3 nitrogen and oxygen atoms in total. The largest absolute Gasteiger partial charge is 0.449 e. The van der Waals surface area contributed by atoms with Crippen molar-refractivity contribution in [2.45, 2.75) is 13.5 Å². The molecule has 0 bridgehead atoms. The molecule has 0 saturated carbocycles. The van der Waals surface area contributed by atoms with Crippen molar-refractivity contribution < 1.29 is 9.53 Å². The van der Waals surface area contributed by atoms with Crippen LogP contribution in [0.2, 0.25) is 0 Å². The predicted molar refractivity (Wildman–Crippen MR) is 73.0 cm³/mol. The average Bonchev–Trinajstić information content (AvgIpc) is 2.87. The standard InChI is InChI=1S/C14H13NO2S/c1-2-17-14(16)15-9-10-5-3-4-6-11(10)12-7-8-18-13(12)15/h3-8H,2,9H2,1H3. The summed E-state index contributed by atoms with van der Waals surface area (Å²) in [5.41, 5.74) is 3.50. The van der Waals surface area contributed by atoms with Crippen LogP contribution in [0.1, 0.15) is 12.5 Å². The Kier molecular flexibility index (Phi) is 2.80. The molecule has 0 radical (unpaired) electrons. The SMILES string of the molecule is CCOC(=O)N1Cc2ccccc2-c2ccsc21. The van der Waals surface area contributed by atoms with E-state index in [0.29, 0.717) is 13.2 Å². The molecule has 0 saturated heterocycles. The summed E-state index contributed by atoms with van der Waals surface area (Å²) in [6, 6.07) is 10.2. The first-order valence-corrected chi connectivity index (χ1v) is 6.79. The molecule has 0 N–H and O–H groups in total. The predicted octanol–water partition coefficient (Wildman–Crippen LogP) is 3.89. The molecule has 0 spiro atoms. The van der Waals surface area contributed by atoms with Gasteiger partial charge < -0.3 is 4.74 Å². The maximum atomic E-state index is 12.0. The minimum absolute atomic E-state index is 0.268. The second kappa shape index (κ2) is 4.46. The van der Waals surface area contributed by atoms with Gasteiger partial charge in [-0.3, -0.25) is 4.90 Å². The number of hydrogen-bond donors (Lipinski definition) is 0. The highest BCUT2D eigenvalue weighted by Gasteiger charge is 2.27. The molecule has 0 atom stereocenters. The lowest BCUT2D eigenvalue weighted by Gasteiger charge is -2.27. The minimum atomic E-state index is -0.268. The molecule has 1 amide bonds. The molecule has 0 aliphatic carbocycles. The van der Waals surface area contributed by atoms with Crippen LogP contribution in [0.3, 0.4) is 0 Å². The number of hydrogen-bond acceptors (Lipinski definition) is 3. The summed E-state index contributed by atoms with van der Waals surface area (Å²) in [6.45, 7) is 2.81. The molecule has 1 aliphatic heterocycles. The van der Waals surface area contributed by atoms with Gasteiger partial charge >= 0.3 is 6.09 Å². The molecule has 1 aliphatic rings. The smallest absolute Gasteiger partial charge is 0.415 e. The number of benzene rings is 1. The lowest BCUT2D eigenvalue weighted by atomic mass is 9.98. The summed E-state index contributed by atoms with van der Waals surface area (Å²) < 4.78 is 5.12. The second-order valence-electron chi connectivity index (χ2n) is 4.08. The molecule has 92 valence electrons. The molecule has 1 aromatic carbocycles. The Labute approximate surface area is 110 Å². The van der Waals surface area contributed by atoms with E-state index >= 15 is 0 Å². The number of thiophene rings is 1. The molecule has 4 heteroatoms. The molecule has 3 rings (SSSR count). The van der Waals surface area contributed by atoms with Crippen molar-refractivity contribution in [3.63, 3.8) is 0 Å². The number of carbonyl (C=O) groups excluding carboxylic acids is 1. The first-order chi connectivity index (χ1) is 8.81. The summed E-state index contributed by atoms with van der Waals surface area (Å²) in [4.78, 5) is 13.7. The quantitative estimate of drug-likeness (QED) is 0.777. The van der Waals surface area contributed by atoms with E-state index in [1.54, 1.807) is 16.2 Å². The number of nitrogens with zero attached hydrogens (tertiary/aromatic N) is 1. The van der Waals surface area contributed by atoms with Crippen LogP contribution in [0.5, 0.6) is 0 Å². The van der Waals surface area contributed by atoms with Gasteiger partial charge in [0.05, 0.1) is 13.2 Å². The van der Waals surface area contributed by atoms with Gasteiger partial charge in [-0.15, -0.1) is 11.3 Å². The van der Waals surface area contributed by atoms with Gasteiger partial charge in [-0.1, -0.05) is 24.3 Å². The van der Waals surface area contributed by atoms with Gasteiger partial charge in [0, 0.05) is 5.56 Å². The van der Waals surface area contributed by atoms with Crippen LogP contribution in [-0.4, -0.2) is 12.7 Å². The molecule has 18 heavy (non-hydrogen) atoms. The summed E-state index contributed by atoms with van der Waals surface area (Å²) in [5, 5.41) is 2.99. The van der Waals surface area contributed by atoms with Gasteiger partial charge in [0.15, 0.2) is 0 Å². The lowest BCUT2D eigenvalue weighted by molar-refractivity contribution is 0.159. The van der Waals surface area contributed by atoms with E-state index in [2.05, 4.69) is 18.2 Å². The van der Waals surface area contributed by atoms with E-state index in [1.807, 2.05) is 24.4 Å². The lowest BCUT2D eigenvalue weighted by Crippen LogP contribution is -2.32. The van der Waals surface area contributed by atoms with Crippen LogP contribution in [0.15, 0.2) is 35.7 Å². The molecule has 2 heterocycles. The maximum Gasteiger partial charge on any atom is 0.415 e. The third-order valence-corrected chi connectivity index (χ3v) is 3.95. The molecular formula is C14H13NO2S. The Balaban J connectivity index is 2.07. The summed E-state index contributed by atoms with van der Waals surface area (Å²) >= 11 is 1.58. The van der Waals surface area contributed by atoms with E-state index < -0.39 is 0 Å². The summed E-state index contributed by atoms with van der Waals surface area (Å²) in [7, 11) is 0. The van der Waals surface area contributed by atoms with Crippen LogP contribution in [0.25, 0.3) is 11.1 Å². The van der Waals surface area contributed by atoms with Crippen molar-refractivity contribution >= 4 is 22.4 Å². The zero-order valence-electron chi connectivity index (χ0n) is 10.1. The fourth-order valence-corrected chi connectivity index (χ4v) is 3.13. The van der Waals surface area contributed by atoms with Crippen LogP contribution in [-0.2, 0) is 11.3 Å². The number of fused-ring (bicyclic) bond motifs is 3. The van der Waals surface area contributed by atoms with Crippen molar-refractivity contribution in [3.8, 4) is 11.1 Å². The highest BCUT2D eigenvalue weighted by molar-refractivity contribution is 7.15. The highest BCUT2D eigenvalue weighted by Crippen LogP contribution is 2.42. The maximum absolute atomic E-state index is 12.0. The van der Waals surface area contributed by atoms with Gasteiger partial charge in [-0.2, -0.15) is 0 Å². The first-order valence-electron chi connectivity index (χ1n) is 5.91. The third kappa shape index (κ3) is 1.69. The van der Waals surface area contributed by atoms with E-state index in [0.717, 1.165) is 16.1 Å². The Hall–Kier alpha value is -1.81. The van der Waals surface area contributed by atoms with Gasteiger partial charge in [-0.05, 0) is 29.5 Å². The number of rotatable bonds is 1. The minimum Gasteiger partial charge on any atom is -0.449 e. The highest BCUT2D eigenvalue weighted by atomic mass is 32.1. The van der Waals surface area contributed by atoms with Crippen LogP contribution in [0.4, 0.5) is 9.80 Å². The van der Waals surface area contributed by atoms with Crippen molar-refractivity contribution in [1.29, 1.82) is 0 Å². The van der Waals surface area contributed by atoms with E-state index in [4.69, 9.17) is 4.74 Å². The van der Waals surface area contributed by atoms with Gasteiger partial charge in [0.2, 0.25) is 0 Å². The van der Waals surface area contributed by atoms with Gasteiger partial charge in [0.1, 0.15) is 5.00 Å². The zero-order valence-corrected chi connectivity index (χ0v) is 10.9. The fraction of sp³-hybridized carbons (Fsp3) is 0.214. The number of ether oxygens (including phenoxy) is 1. The van der Waals surface area contributed by atoms with E-state index in [1.165, 1.54) is 5.56 Å². The third-order valence-electron chi connectivity index (χ3n) is 3.01. The zero-order chi connectivity index (χ0) is 12.5. The van der Waals surface area contributed by atoms with Gasteiger partial charge in [-0.25, -0.2) is 4.79 Å². The number of carbonyl (C=O) groups is 1. The molecule has 0 unspecified atom stereocenters. The van der Waals surface area contributed by atoms with Crippen LogP contribution >= 0.6 is 11.3 Å². The van der Waals surface area contributed by atoms with Gasteiger partial charge in [0.25, 0.3) is 0 Å². The second-order valence-corrected chi connectivity index (χ2v) is 4.98. The average molecular weight is 259 g/mol. The molecule has 2 aromatic rings. The monoisotopic (exact) mass is 259 g/mol. The Morgan fingerprint density at radius 2 is 2.17 bits per heavy atom. The Bertz CT molecular complexity index is 591. The van der Waals surface area contributed by atoms with Crippen LogP contribution in [0, 0.1) is 0 Å². The topological polar surface area (TPSA) is 29.5 Å². The number of anilines is 1. The van der Waals surface area contributed by atoms with Crippen molar-refractivity contribution in [1.82, 2.24) is 0 Å².